The molecule has 2 rings (SSSR count). The summed E-state index contributed by atoms with van der Waals surface area (Å²) in [5, 5.41) is 8.18. The summed E-state index contributed by atoms with van der Waals surface area (Å²) in [6.07, 6.45) is 0.194. The number of ether oxygens (including phenoxy) is 1. The van der Waals surface area contributed by atoms with Crippen LogP contribution in [0.5, 0.6) is 0 Å². The predicted octanol–water partition coefficient (Wildman–Crippen LogP) is 3.35. The Morgan fingerprint density at radius 1 is 0.923 bits per heavy atom. The molecule has 6 nitrogen and oxygen atoms in total. The molecule has 0 fully saturated rings. The number of hydrogen-bond acceptors (Lipinski definition) is 6. The Balaban J connectivity index is 2.10. The van der Waals surface area contributed by atoms with Crippen molar-refractivity contribution < 1.29 is 19.2 Å². The van der Waals surface area contributed by atoms with E-state index in [1.165, 1.54) is 14.2 Å². The van der Waals surface area contributed by atoms with Crippen molar-refractivity contribution in [2.24, 2.45) is 10.3 Å². The van der Waals surface area contributed by atoms with E-state index in [1.807, 2.05) is 54.6 Å². The van der Waals surface area contributed by atoms with E-state index in [2.05, 4.69) is 10.3 Å². The largest absolute Gasteiger partial charge is 0.469 e. The molecule has 0 unspecified atom stereocenters. The van der Waals surface area contributed by atoms with Crippen LogP contribution in [0.15, 0.2) is 64.9 Å². The molecule has 0 aliphatic carbocycles. The lowest BCUT2D eigenvalue weighted by molar-refractivity contribution is -0.139. The Hall–Kier alpha value is -3.15. The average Bonchev–Trinajstić information content (AvgIpc) is 2.67. The first-order valence-electron chi connectivity index (χ1n) is 8.12. The highest BCUT2D eigenvalue weighted by Gasteiger charge is 2.10. The third kappa shape index (κ3) is 5.44. The van der Waals surface area contributed by atoms with E-state index in [0.717, 1.165) is 16.7 Å². The number of esters is 1. The zero-order valence-electron chi connectivity index (χ0n) is 15.1. The molecule has 0 radical (unpaired) electrons. The molecule has 0 amide bonds. The Kier molecular flexibility index (Phi) is 7.36. The number of rotatable bonds is 8. The van der Waals surface area contributed by atoms with Gasteiger partial charge in [0.25, 0.3) is 0 Å². The van der Waals surface area contributed by atoms with Crippen molar-refractivity contribution in [1.82, 2.24) is 0 Å². The first-order chi connectivity index (χ1) is 12.7. The molecule has 0 heterocycles. The fourth-order valence-corrected chi connectivity index (χ4v) is 2.36. The number of carbonyl (C=O) groups is 1. The molecule has 26 heavy (non-hydrogen) atoms. The van der Waals surface area contributed by atoms with Gasteiger partial charge in [-0.1, -0.05) is 64.9 Å². The van der Waals surface area contributed by atoms with Gasteiger partial charge >= 0.3 is 5.97 Å². The predicted molar refractivity (Wildman–Crippen MR) is 100 cm³/mol. The van der Waals surface area contributed by atoms with Crippen LogP contribution in [0.3, 0.4) is 0 Å². The van der Waals surface area contributed by atoms with Gasteiger partial charge in [0.1, 0.15) is 25.1 Å². The molecule has 0 aliphatic rings. The molecule has 2 aromatic carbocycles. The smallest absolute Gasteiger partial charge is 0.309 e. The Labute approximate surface area is 153 Å². The van der Waals surface area contributed by atoms with E-state index in [0.29, 0.717) is 11.4 Å². The summed E-state index contributed by atoms with van der Waals surface area (Å²) in [4.78, 5) is 21.9. The van der Waals surface area contributed by atoms with Crippen LogP contribution in [-0.2, 0) is 32.2 Å². The second kappa shape index (κ2) is 9.98. The van der Waals surface area contributed by atoms with Crippen molar-refractivity contribution in [2.45, 2.75) is 20.0 Å². The fraction of sp³-hybridized carbons (Fsp3) is 0.250. The van der Waals surface area contributed by atoms with Gasteiger partial charge in [-0.25, -0.2) is 0 Å². The van der Waals surface area contributed by atoms with Gasteiger partial charge in [-0.15, -0.1) is 0 Å². The third-order valence-corrected chi connectivity index (χ3v) is 3.67. The van der Waals surface area contributed by atoms with Gasteiger partial charge in [-0.2, -0.15) is 0 Å². The highest BCUT2D eigenvalue weighted by Crippen LogP contribution is 2.12. The first-order valence-corrected chi connectivity index (χ1v) is 8.12. The minimum atomic E-state index is -0.296. The molecule has 0 saturated heterocycles. The quantitative estimate of drug-likeness (QED) is 0.414. The standard InChI is InChI=1S/C20H22N2O4/c1-15(20(22-25-3)16-9-5-4-6-10-16)21-26-14-18-12-8-7-11-17(18)13-19(23)24-2/h4-12H,13-14H2,1-3H3. The van der Waals surface area contributed by atoms with Crippen molar-refractivity contribution in [3.05, 3.63) is 71.3 Å². The van der Waals surface area contributed by atoms with Crippen molar-refractivity contribution in [3.63, 3.8) is 0 Å². The lowest BCUT2D eigenvalue weighted by Gasteiger charge is -2.09. The van der Waals surface area contributed by atoms with Gasteiger partial charge in [0.05, 0.1) is 13.5 Å². The lowest BCUT2D eigenvalue weighted by atomic mass is 10.1. The highest BCUT2D eigenvalue weighted by atomic mass is 16.6. The SMILES string of the molecule is CON=C(C(C)=NOCc1ccccc1CC(=O)OC)c1ccccc1. The van der Waals surface area contributed by atoms with Gasteiger partial charge in [0.2, 0.25) is 0 Å². The molecule has 0 atom stereocenters. The van der Waals surface area contributed by atoms with E-state index in [4.69, 9.17) is 14.4 Å². The minimum Gasteiger partial charge on any atom is -0.469 e. The molecule has 2 aromatic rings. The maximum absolute atomic E-state index is 11.5. The number of nitrogens with zero attached hydrogens (tertiary/aromatic N) is 2. The summed E-state index contributed by atoms with van der Waals surface area (Å²) < 4.78 is 4.72. The highest BCUT2D eigenvalue weighted by molar-refractivity contribution is 6.47. The molecule has 0 spiro atoms. The number of hydrogen-bond donors (Lipinski definition) is 0. The minimum absolute atomic E-state index is 0.194. The van der Waals surface area contributed by atoms with E-state index in [-0.39, 0.29) is 19.0 Å². The Morgan fingerprint density at radius 2 is 1.58 bits per heavy atom. The summed E-state index contributed by atoms with van der Waals surface area (Å²) in [5.74, 6) is -0.296. The van der Waals surface area contributed by atoms with Crippen LogP contribution < -0.4 is 0 Å². The second-order valence-corrected chi connectivity index (χ2v) is 5.46. The summed E-state index contributed by atoms with van der Waals surface area (Å²) in [5.41, 5.74) is 3.78. The van der Waals surface area contributed by atoms with Gasteiger partial charge < -0.3 is 14.4 Å². The molecular formula is C20H22N2O4. The fourth-order valence-electron chi connectivity index (χ4n) is 2.36. The Morgan fingerprint density at radius 3 is 2.23 bits per heavy atom. The molecule has 0 aromatic heterocycles. The topological polar surface area (TPSA) is 69.5 Å². The average molecular weight is 354 g/mol. The molecular weight excluding hydrogens is 332 g/mol. The number of carbonyl (C=O) groups excluding carboxylic acids is 1. The van der Waals surface area contributed by atoms with Gasteiger partial charge in [0.15, 0.2) is 0 Å². The van der Waals surface area contributed by atoms with Gasteiger partial charge in [-0.05, 0) is 18.1 Å². The van der Waals surface area contributed by atoms with Gasteiger partial charge in [-0.3, -0.25) is 4.79 Å². The number of benzene rings is 2. The van der Waals surface area contributed by atoms with Crippen LogP contribution in [-0.4, -0.2) is 31.6 Å². The van der Waals surface area contributed by atoms with Crippen LogP contribution in [0.4, 0.5) is 0 Å². The summed E-state index contributed by atoms with van der Waals surface area (Å²) >= 11 is 0. The van der Waals surface area contributed by atoms with Crippen LogP contribution in [0, 0.1) is 0 Å². The molecule has 0 bridgehead atoms. The summed E-state index contributed by atoms with van der Waals surface area (Å²) in [7, 11) is 2.86. The van der Waals surface area contributed by atoms with Crippen LogP contribution in [0.1, 0.15) is 23.6 Å². The zero-order chi connectivity index (χ0) is 18.8. The normalized spacial score (nSPS) is 11.8. The van der Waals surface area contributed by atoms with E-state index < -0.39 is 0 Å². The maximum Gasteiger partial charge on any atom is 0.309 e. The van der Waals surface area contributed by atoms with Crippen LogP contribution >= 0.6 is 0 Å². The van der Waals surface area contributed by atoms with Crippen molar-refractivity contribution in [3.8, 4) is 0 Å². The second-order valence-electron chi connectivity index (χ2n) is 5.46. The van der Waals surface area contributed by atoms with E-state index in [1.54, 1.807) is 6.92 Å². The first kappa shape index (κ1) is 19.2. The van der Waals surface area contributed by atoms with Crippen molar-refractivity contribution >= 4 is 17.4 Å². The molecule has 6 heteroatoms. The van der Waals surface area contributed by atoms with Crippen LogP contribution in [0.25, 0.3) is 0 Å². The third-order valence-electron chi connectivity index (χ3n) is 3.67. The number of methoxy groups -OCH3 is 1. The molecule has 0 N–H and O–H groups in total. The molecule has 136 valence electrons. The number of oxime groups is 2. The molecule has 0 saturated carbocycles. The van der Waals surface area contributed by atoms with Gasteiger partial charge in [0, 0.05) is 5.56 Å². The van der Waals surface area contributed by atoms with Crippen molar-refractivity contribution in [1.29, 1.82) is 0 Å². The van der Waals surface area contributed by atoms with E-state index in [9.17, 15) is 4.79 Å². The molecule has 0 aliphatic heterocycles. The lowest BCUT2D eigenvalue weighted by Crippen LogP contribution is -2.13. The monoisotopic (exact) mass is 354 g/mol. The summed E-state index contributed by atoms with van der Waals surface area (Å²) in [6.45, 7) is 2.03. The Bertz CT molecular complexity index is 785. The maximum atomic E-state index is 11.5. The van der Waals surface area contributed by atoms with Crippen molar-refractivity contribution in [2.75, 3.05) is 14.2 Å². The summed E-state index contributed by atoms with van der Waals surface area (Å²) in [6, 6.07) is 17.1. The van der Waals surface area contributed by atoms with E-state index >= 15 is 0 Å². The van der Waals surface area contributed by atoms with Crippen LogP contribution in [0.2, 0.25) is 0 Å². The zero-order valence-corrected chi connectivity index (χ0v) is 15.1.